The maximum Gasteiger partial charge on any atom is 1.00 e. The number of aliphatic hydroxyl groups excluding tert-OH is 2. The SMILES string of the molecule is CC(C)CO.CC(C)CO.N#C[S-].[K+]. The van der Waals surface area contributed by atoms with Gasteiger partial charge in [0.1, 0.15) is 0 Å². The molecule has 0 saturated heterocycles. The van der Waals surface area contributed by atoms with Crippen LogP contribution in [0.1, 0.15) is 27.7 Å². The van der Waals surface area contributed by atoms with Crippen molar-refractivity contribution in [2.45, 2.75) is 27.7 Å². The Kier molecular flexibility index (Phi) is 41.7. The summed E-state index contributed by atoms with van der Waals surface area (Å²) in [6.07, 6.45) is 0. The molecule has 5 heteroatoms. The van der Waals surface area contributed by atoms with E-state index >= 15 is 0 Å². The minimum atomic E-state index is 0. The second-order valence-electron chi connectivity index (χ2n) is 3.24. The van der Waals surface area contributed by atoms with Gasteiger partial charge in [-0.3, -0.25) is 0 Å². The van der Waals surface area contributed by atoms with Gasteiger partial charge in [0.25, 0.3) is 0 Å². The molecule has 14 heavy (non-hydrogen) atoms. The molecule has 0 heterocycles. The van der Waals surface area contributed by atoms with E-state index in [0.29, 0.717) is 25.0 Å². The number of nitrogens with zero attached hydrogens (tertiary/aromatic N) is 1. The maximum atomic E-state index is 8.14. The first-order valence-electron chi connectivity index (χ1n) is 4.19. The molecule has 0 aliphatic carbocycles. The summed E-state index contributed by atoms with van der Waals surface area (Å²) >= 11 is 3.70. The molecule has 0 aromatic rings. The molecule has 0 amide bonds. The van der Waals surface area contributed by atoms with E-state index < -0.39 is 0 Å². The second-order valence-corrected chi connectivity index (χ2v) is 3.43. The Bertz CT molecular complexity index is 108. The van der Waals surface area contributed by atoms with Gasteiger partial charge in [0.15, 0.2) is 0 Å². The van der Waals surface area contributed by atoms with E-state index in [-0.39, 0.29) is 51.4 Å². The predicted molar refractivity (Wildman–Crippen MR) is 56.8 cm³/mol. The van der Waals surface area contributed by atoms with Crippen LogP contribution in [0, 0.1) is 22.5 Å². The third-order valence-corrected chi connectivity index (χ3v) is 0.730. The number of aliphatic hydroxyl groups is 2. The molecular weight excluding hydrogens is 225 g/mol. The van der Waals surface area contributed by atoms with E-state index in [1.54, 1.807) is 0 Å². The van der Waals surface area contributed by atoms with Crippen LogP contribution in [0.5, 0.6) is 0 Å². The molecule has 3 nitrogen and oxygen atoms in total. The zero-order valence-electron chi connectivity index (χ0n) is 9.82. The summed E-state index contributed by atoms with van der Waals surface area (Å²) < 4.78 is 0. The van der Waals surface area contributed by atoms with E-state index in [1.807, 2.05) is 27.7 Å². The minimum absolute atomic E-state index is 0. The van der Waals surface area contributed by atoms with Gasteiger partial charge in [0.2, 0.25) is 0 Å². The normalized spacial score (nSPS) is 7.36. The largest absolute Gasteiger partial charge is 1.00 e. The summed E-state index contributed by atoms with van der Waals surface area (Å²) in [5, 5.41) is 24.8. The van der Waals surface area contributed by atoms with Crippen molar-refractivity contribution in [1.82, 2.24) is 0 Å². The Hall–Kier alpha value is 1.27. The Morgan fingerprint density at radius 1 is 1.07 bits per heavy atom. The molecular formula is C9H20KNO2S. The predicted octanol–water partition coefficient (Wildman–Crippen LogP) is -1.71. The molecule has 0 rings (SSSR count). The van der Waals surface area contributed by atoms with Crippen LogP contribution >= 0.6 is 0 Å². The van der Waals surface area contributed by atoms with Crippen LogP contribution in [0.2, 0.25) is 0 Å². The fourth-order valence-corrected chi connectivity index (χ4v) is 0. The van der Waals surface area contributed by atoms with Crippen molar-refractivity contribution in [3.8, 4) is 5.40 Å². The van der Waals surface area contributed by atoms with Crippen molar-refractivity contribution in [3.63, 3.8) is 0 Å². The zero-order valence-corrected chi connectivity index (χ0v) is 13.8. The van der Waals surface area contributed by atoms with Gasteiger partial charge in [-0.25, -0.2) is 5.26 Å². The molecule has 0 spiro atoms. The van der Waals surface area contributed by atoms with Crippen LogP contribution in [-0.2, 0) is 12.6 Å². The summed E-state index contributed by atoms with van der Waals surface area (Å²) in [7, 11) is 0. The molecule has 0 fully saturated rings. The zero-order chi connectivity index (χ0) is 11.3. The first-order chi connectivity index (χ1) is 5.95. The Morgan fingerprint density at radius 2 is 1.14 bits per heavy atom. The monoisotopic (exact) mass is 245 g/mol. The third-order valence-electron chi connectivity index (χ3n) is 0.730. The molecule has 0 saturated carbocycles. The average Bonchev–Trinajstić information content (AvgIpc) is 2.07. The Balaban J connectivity index is -0.0000000535. The Morgan fingerprint density at radius 3 is 1.14 bits per heavy atom. The van der Waals surface area contributed by atoms with Crippen molar-refractivity contribution >= 4 is 12.6 Å². The first kappa shape index (κ1) is 24.5. The van der Waals surface area contributed by atoms with Gasteiger partial charge >= 0.3 is 51.4 Å². The van der Waals surface area contributed by atoms with Gasteiger partial charge in [-0.2, -0.15) is 0 Å². The topological polar surface area (TPSA) is 64.2 Å². The number of nitriles is 1. The summed E-state index contributed by atoms with van der Waals surface area (Å²) in [4.78, 5) is 0. The quantitative estimate of drug-likeness (QED) is 0.345. The molecule has 0 unspecified atom stereocenters. The van der Waals surface area contributed by atoms with E-state index in [2.05, 4.69) is 12.6 Å². The first-order valence-corrected chi connectivity index (χ1v) is 4.59. The van der Waals surface area contributed by atoms with Crippen LogP contribution in [-0.4, -0.2) is 23.4 Å². The summed E-state index contributed by atoms with van der Waals surface area (Å²) in [6, 6.07) is 0. The van der Waals surface area contributed by atoms with Crippen LogP contribution in [0.25, 0.3) is 0 Å². The number of thiocyanates is 1. The average molecular weight is 245 g/mol. The third kappa shape index (κ3) is 72.0. The summed E-state index contributed by atoms with van der Waals surface area (Å²) in [5.74, 6) is 0.880. The van der Waals surface area contributed by atoms with E-state index in [0.717, 1.165) is 0 Å². The number of hydrogen-bond acceptors (Lipinski definition) is 4. The van der Waals surface area contributed by atoms with Crippen molar-refractivity contribution in [3.05, 3.63) is 0 Å². The fraction of sp³-hybridized carbons (Fsp3) is 0.889. The molecule has 0 bridgehead atoms. The van der Waals surface area contributed by atoms with E-state index in [1.165, 1.54) is 5.40 Å². The summed E-state index contributed by atoms with van der Waals surface area (Å²) in [5.41, 5.74) is 0. The molecule has 0 aliphatic rings. The van der Waals surface area contributed by atoms with Crippen molar-refractivity contribution in [2.75, 3.05) is 13.2 Å². The molecule has 0 aromatic heterocycles. The van der Waals surface area contributed by atoms with Crippen molar-refractivity contribution in [1.29, 1.82) is 5.26 Å². The molecule has 0 atom stereocenters. The van der Waals surface area contributed by atoms with Gasteiger partial charge in [-0.1, -0.05) is 33.1 Å². The number of rotatable bonds is 2. The molecule has 0 radical (unpaired) electrons. The minimum Gasteiger partial charge on any atom is -0.696 e. The smallest absolute Gasteiger partial charge is 0.696 e. The molecule has 80 valence electrons. The van der Waals surface area contributed by atoms with Gasteiger partial charge in [-0.05, 0) is 11.8 Å². The van der Waals surface area contributed by atoms with Crippen LogP contribution < -0.4 is 51.4 Å². The Labute approximate surface area is 136 Å². The van der Waals surface area contributed by atoms with Gasteiger partial charge in [-0.15, -0.1) is 0 Å². The van der Waals surface area contributed by atoms with Gasteiger partial charge in [0, 0.05) is 13.2 Å². The van der Waals surface area contributed by atoms with Crippen LogP contribution in [0.15, 0.2) is 0 Å². The van der Waals surface area contributed by atoms with Crippen molar-refractivity contribution in [2.24, 2.45) is 11.8 Å². The fourth-order valence-electron chi connectivity index (χ4n) is 0. The van der Waals surface area contributed by atoms with E-state index in [4.69, 9.17) is 15.5 Å². The van der Waals surface area contributed by atoms with E-state index in [9.17, 15) is 0 Å². The van der Waals surface area contributed by atoms with Gasteiger partial charge in [0.05, 0.1) is 0 Å². The molecule has 0 aliphatic heterocycles. The standard InChI is InChI=1S/2C4H10O.CHNS.K/c2*1-4(2)3-5;2-1-3;/h2*4-5H,3H2,1-2H3;3H;/q;;;+1/p-1. The maximum absolute atomic E-state index is 8.14. The number of hydrogen-bond donors (Lipinski definition) is 2. The van der Waals surface area contributed by atoms with Crippen molar-refractivity contribution < 1.29 is 61.6 Å². The summed E-state index contributed by atoms with van der Waals surface area (Å²) in [6.45, 7) is 8.50. The van der Waals surface area contributed by atoms with Crippen LogP contribution in [0.3, 0.4) is 0 Å². The second kappa shape index (κ2) is 23.8. The molecule has 0 aromatic carbocycles. The molecule has 2 N–H and O–H groups in total. The van der Waals surface area contributed by atoms with Crippen LogP contribution in [0.4, 0.5) is 0 Å². The van der Waals surface area contributed by atoms with Gasteiger partial charge < -0.3 is 22.8 Å².